The molecule has 0 bridgehead atoms. The van der Waals surface area contributed by atoms with Gasteiger partial charge in [-0.3, -0.25) is 9.59 Å². The zero-order chi connectivity index (χ0) is 26.9. The minimum absolute atomic E-state index is 0.157. The number of carbonyl (C=O) groups is 2. The summed E-state index contributed by atoms with van der Waals surface area (Å²) in [5, 5.41) is 3.90. The highest BCUT2D eigenvalue weighted by atomic mass is 35.5. The van der Waals surface area contributed by atoms with Gasteiger partial charge in [0.15, 0.2) is 5.58 Å². The Morgan fingerprint density at radius 3 is 2.53 bits per heavy atom. The smallest absolute Gasteiger partial charge is 0.282 e. The predicted molar refractivity (Wildman–Crippen MR) is 140 cm³/mol. The van der Waals surface area contributed by atoms with Crippen LogP contribution in [0.25, 0.3) is 28.2 Å². The molecule has 2 amide bonds. The Labute approximate surface area is 221 Å². The van der Waals surface area contributed by atoms with Gasteiger partial charge in [0.05, 0.1) is 24.7 Å². The van der Waals surface area contributed by atoms with E-state index >= 15 is 0 Å². The minimum atomic E-state index is -2.81. The lowest BCUT2D eigenvalue weighted by atomic mass is 10.0. The van der Waals surface area contributed by atoms with Gasteiger partial charge in [0.2, 0.25) is 5.91 Å². The number of nitrogens with zero attached hydrogens (tertiary/aromatic N) is 2. The summed E-state index contributed by atoms with van der Waals surface area (Å²) in [6.07, 6.45) is 4.60. The van der Waals surface area contributed by atoms with Gasteiger partial charge in [-0.15, -0.1) is 0 Å². The summed E-state index contributed by atoms with van der Waals surface area (Å²) >= 11 is 6.46. The number of nitrogens with two attached hydrogens (primary N) is 1. The van der Waals surface area contributed by atoms with E-state index in [-0.39, 0.29) is 12.5 Å². The first kappa shape index (κ1) is 25.4. The Morgan fingerprint density at radius 2 is 1.87 bits per heavy atom. The highest BCUT2D eigenvalue weighted by molar-refractivity contribution is 6.35. The number of anilines is 1. The number of furan rings is 1. The number of hydrogen-bond acceptors (Lipinski definition) is 6. The van der Waals surface area contributed by atoms with E-state index in [2.05, 4.69) is 15.7 Å². The molecule has 2 aromatic carbocycles. The van der Waals surface area contributed by atoms with Crippen molar-refractivity contribution < 1.29 is 22.8 Å². The molecule has 1 aliphatic rings. The van der Waals surface area contributed by atoms with Gasteiger partial charge in [0, 0.05) is 23.2 Å². The molecule has 11 heteroatoms. The van der Waals surface area contributed by atoms with Crippen molar-refractivity contribution in [2.75, 3.05) is 18.5 Å². The number of alkyl halides is 2. The van der Waals surface area contributed by atoms with Crippen molar-refractivity contribution in [3.8, 4) is 11.1 Å². The largest absolute Gasteiger partial charge is 0.458 e. The van der Waals surface area contributed by atoms with Crippen molar-refractivity contribution in [1.29, 1.82) is 0 Å². The second kappa shape index (κ2) is 10.2. The van der Waals surface area contributed by atoms with E-state index in [1.165, 1.54) is 6.08 Å². The number of amides is 2. The first-order chi connectivity index (χ1) is 18.2. The van der Waals surface area contributed by atoms with E-state index in [0.717, 1.165) is 27.0 Å². The average molecular weight is 538 g/mol. The van der Waals surface area contributed by atoms with E-state index in [0.29, 0.717) is 27.7 Å². The van der Waals surface area contributed by atoms with Crippen molar-refractivity contribution in [3.05, 3.63) is 88.8 Å². The van der Waals surface area contributed by atoms with Crippen molar-refractivity contribution in [2.24, 2.45) is 5.84 Å². The van der Waals surface area contributed by atoms with Crippen molar-refractivity contribution in [3.63, 3.8) is 0 Å². The summed E-state index contributed by atoms with van der Waals surface area (Å²) in [5.74, 6) is 2.78. The Kier molecular flexibility index (Phi) is 6.83. The maximum absolute atomic E-state index is 13.1. The molecular weight excluding hydrogens is 516 g/mol. The molecule has 0 saturated carbocycles. The molecule has 38 heavy (non-hydrogen) atoms. The molecule has 5 rings (SSSR count). The number of likely N-dealkylation sites (tertiary alicyclic amines) is 1. The first-order valence-electron chi connectivity index (χ1n) is 11.6. The highest BCUT2D eigenvalue weighted by Gasteiger charge is 2.46. The van der Waals surface area contributed by atoms with Crippen molar-refractivity contribution >= 4 is 46.3 Å². The Hall–Kier alpha value is -4.28. The first-order valence-corrected chi connectivity index (χ1v) is 12.0. The topological polar surface area (TPSA) is 113 Å². The molecule has 0 radical (unpaired) electrons. The molecule has 0 aliphatic carbocycles. The summed E-state index contributed by atoms with van der Waals surface area (Å²) in [6.45, 7) is -0.958. The summed E-state index contributed by atoms with van der Waals surface area (Å²) in [4.78, 5) is 29.8. The van der Waals surface area contributed by atoms with Gasteiger partial charge < -0.3 is 20.1 Å². The normalized spacial score (nSPS) is 14.5. The average Bonchev–Trinajstić information content (AvgIpc) is 3.33. The summed E-state index contributed by atoms with van der Waals surface area (Å²) in [6, 6.07) is 15.6. The van der Waals surface area contributed by atoms with Crippen LogP contribution in [0.2, 0.25) is 5.02 Å². The standard InChI is InChI=1S/C27H22ClF2N5O3/c28-22-11-19(17-3-5-18(6-4-17)26(37)35-14-27(29,30)15-35)9-20-10-21(38-25(20)22)13-33-24(36)8-2-16-1-7-23(34-31)32-12-16/h1-12H,13-15,31H2,(H,32,34)(H,33,36). The highest BCUT2D eigenvalue weighted by Crippen LogP contribution is 2.34. The molecule has 4 aromatic rings. The molecule has 194 valence electrons. The number of fused-ring (bicyclic) bond motifs is 1. The number of aromatic nitrogens is 1. The van der Waals surface area contributed by atoms with Gasteiger partial charge in [-0.2, -0.15) is 0 Å². The van der Waals surface area contributed by atoms with Gasteiger partial charge in [-0.25, -0.2) is 19.6 Å². The van der Waals surface area contributed by atoms with E-state index in [1.54, 1.807) is 60.8 Å². The van der Waals surface area contributed by atoms with Crippen LogP contribution in [0, 0.1) is 0 Å². The lowest BCUT2D eigenvalue weighted by molar-refractivity contribution is -0.116. The van der Waals surface area contributed by atoms with Crippen LogP contribution in [-0.4, -0.2) is 40.7 Å². The molecule has 3 heterocycles. The predicted octanol–water partition coefficient (Wildman–Crippen LogP) is 4.85. The fourth-order valence-corrected chi connectivity index (χ4v) is 4.32. The molecule has 0 unspecified atom stereocenters. The third-order valence-electron chi connectivity index (χ3n) is 6.02. The van der Waals surface area contributed by atoms with Crippen LogP contribution in [-0.2, 0) is 11.3 Å². The number of pyridine rings is 1. The number of nitrogens with one attached hydrogen (secondary N) is 2. The van der Waals surface area contributed by atoms with E-state index in [9.17, 15) is 18.4 Å². The van der Waals surface area contributed by atoms with Crippen LogP contribution < -0.4 is 16.6 Å². The monoisotopic (exact) mass is 537 g/mol. The molecule has 1 saturated heterocycles. The number of hydrazine groups is 1. The molecule has 0 atom stereocenters. The van der Waals surface area contributed by atoms with E-state index in [1.807, 2.05) is 6.07 Å². The van der Waals surface area contributed by atoms with Crippen LogP contribution in [0.5, 0.6) is 0 Å². The van der Waals surface area contributed by atoms with Gasteiger partial charge in [-0.1, -0.05) is 23.7 Å². The van der Waals surface area contributed by atoms with Gasteiger partial charge >= 0.3 is 0 Å². The van der Waals surface area contributed by atoms with Crippen LogP contribution in [0.4, 0.5) is 14.6 Å². The third-order valence-corrected chi connectivity index (χ3v) is 6.30. The van der Waals surface area contributed by atoms with Crippen LogP contribution in [0.3, 0.4) is 0 Å². The molecule has 8 nitrogen and oxygen atoms in total. The molecule has 1 fully saturated rings. The van der Waals surface area contributed by atoms with Crippen LogP contribution in [0.15, 0.2) is 71.3 Å². The Bertz CT molecular complexity index is 1530. The van der Waals surface area contributed by atoms with Crippen molar-refractivity contribution in [1.82, 2.24) is 15.2 Å². The zero-order valence-corrected chi connectivity index (χ0v) is 20.6. The van der Waals surface area contributed by atoms with Gasteiger partial charge in [0.25, 0.3) is 11.8 Å². The fourth-order valence-electron chi connectivity index (χ4n) is 4.06. The lowest BCUT2D eigenvalue weighted by Crippen LogP contribution is -2.58. The third kappa shape index (κ3) is 5.51. The van der Waals surface area contributed by atoms with E-state index in [4.69, 9.17) is 21.9 Å². The number of carbonyl (C=O) groups excluding carboxylic acids is 2. The molecule has 4 N–H and O–H groups in total. The number of nitrogen functional groups attached to an aromatic ring is 1. The fraction of sp³-hybridized carbons (Fsp3) is 0.148. The minimum Gasteiger partial charge on any atom is -0.458 e. The lowest BCUT2D eigenvalue weighted by Gasteiger charge is -2.38. The molecule has 1 aliphatic heterocycles. The molecular formula is C27H22ClF2N5O3. The maximum atomic E-state index is 13.1. The maximum Gasteiger partial charge on any atom is 0.282 e. The number of rotatable bonds is 7. The summed E-state index contributed by atoms with van der Waals surface area (Å²) in [5.41, 5.74) is 5.59. The molecule has 2 aromatic heterocycles. The SMILES string of the molecule is NNc1ccc(C=CC(=O)NCc2cc3cc(-c4ccc(C(=O)N5CC(F)(F)C5)cc4)cc(Cl)c3o2)cn1. The van der Waals surface area contributed by atoms with Gasteiger partial charge in [0.1, 0.15) is 11.6 Å². The van der Waals surface area contributed by atoms with Gasteiger partial charge in [-0.05, 0) is 65.2 Å². The van der Waals surface area contributed by atoms with E-state index < -0.39 is 24.9 Å². The summed E-state index contributed by atoms with van der Waals surface area (Å²) in [7, 11) is 0. The van der Waals surface area contributed by atoms with Crippen LogP contribution in [0.1, 0.15) is 21.7 Å². The molecule has 0 spiro atoms. The Morgan fingerprint density at radius 1 is 1.11 bits per heavy atom. The quantitative estimate of drug-likeness (QED) is 0.176. The number of halogens is 3. The summed E-state index contributed by atoms with van der Waals surface area (Å²) < 4.78 is 32.0. The number of hydrogen-bond donors (Lipinski definition) is 3. The Balaban J connectivity index is 1.24. The second-order valence-corrected chi connectivity index (χ2v) is 9.26. The second-order valence-electron chi connectivity index (χ2n) is 8.86. The van der Waals surface area contributed by atoms with Crippen LogP contribution >= 0.6 is 11.6 Å². The number of benzene rings is 2. The zero-order valence-electron chi connectivity index (χ0n) is 19.9. The van der Waals surface area contributed by atoms with Crippen molar-refractivity contribution in [2.45, 2.75) is 12.5 Å².